The topological polar surface area (TPSA) is 105 Å². The lowest BCUT2D eigenvalue weighted by molar-refractivity contribution is -0.170. The summed E-state index contributed by atoms with van der Waals surface area (Å²) in [5.74, 6) is -1.07. The molecule has 0 amide bonds. The van der Waals surface area contributed by atoms with E-state index in [2.05, 4.69) is 0 Å². The van der Waals surface area contributed by atoms with Gasteiger partial charge >= 0.3 is 11.9 Å². The van der Waals surface area contributed by atoms with Crippen LogP contribution >= 0.6 is 0 Å². The molecule has 17 heavy (non-hydrogen) atoms. The maximum Gasteiger partial charge on any atom is 0.347 e. The molecule has 6 heteroatoms. The van der Waals surface area contributed by atoms with Gasteiger partial charge < -0.3 is 20.9 Å². The molecule has 1 rings (SSSR count). The Morgan fingerprint density at radius 3 is 2.47 bits per heavy atom. The predicted octanol–water partition coefficient (Wildman–Crippen LogP) is -0.453. The quantitative estimate of drug-likeness (QED) is 0.649. The first-order chi connectivity index (χ1) is 7.72. The number of carbonyl (C=O) groups is 2. The zero-order chi connectivity index (χ0) is 13.3. The lowest BCUT2D eigenvalue weighted by atomic mass is 9.73. The summed E-state index contributed by atoms with van der Waals surface area (Å²) in [6.07, 6.45) is -0.438. The molecule has 1 aliphatic rings. The molecule has 0 aromatic heterocycles. The largest absolute Gasteiger partial charge is 0.463 e. The van der Waals surface area contributed by atoms with Gasteiger partial charge in [-0.25, -0.2) is 4.79 Å². The van der Waals surface area contributed by atoms with Crippen molar-refractivity contribution >= 4 is 11.9 Å². The second-order valence-corrected chi connectivity index (χ2v) is 5.11. The molecule has 0 radical (unpaired) electrons. The van der Waals surface area contributed by atoms with Gasteiger partial charge in [-0.1, -0.05) is 0 Å². The van der Waals surface area contributed by atoms with Gasteiger partial charge in [-0.3, -0.25) is 4.79 Å². The summed E-state index contributed by atoms with van der Waals surface area (Å²) in [7, 11) is 0. The molecule has 0 spiro atoms. The van der Waals surface area contributed by atoms with Crippen LogP contribution in [0.4, 0.5) is 0 Å². The van der Waals surface area contributed by atoms with Crippen molar-refractivity contribution in [1.29, 1.82) is 0 Å². The number of ether oxygens (including phenoxy) is 2. The molecule has 0 bridgehead atoms. The third kappa shape index (κ3) is 2.58. The Kier molecular flexibility index (Phi) is 3.78. The number of nitrogens with two attached hydrogens (primary N) is 2. The molecule has 0 saturated carbocycles. The molecular formula is C11H20N2O4. The van der Waals surface area contributed by atoms with Gasteiger partial charge in [0.2, 0.25) is 6.10 Å². The summed E-state index contributed by atoms with van der Waals surface area (Å²) in [4.78, 5) is 23.3. The highest BCUT2D eigenvalue weighted by molar-refractivity contribution is 5.84. The monoisotopic (exact) mass is 244 g/mol. The fourth-order valence-corrected chi connectivity index (χ4v) is 1.45. The van der Waals surface area contributed by atoms with E-state index in [0.717, 1.165) is 0 Å². The van der Waals surface area contributed by atoms with E-state index in [1.807, 2.05) is 0 Å². The molecule has 0 aliphatic carbocycles. The molecule has 0 aromatic carbocycles. The SMILES string of the molecule is CC(C)(N)C(C)(CN)C(=O)OC1CCOC1=O. The van der Waals surface area contributed by atoms with Gasteiger partial charge in [-0.15, -0.1) is 0 Å². The van der Waals surface area contributed by atoms with Crippen LogP contribution in [0.3, 0.4) is 0 Å². The van der Waals surface area contributed by atoms with Crippen LogP contribution < -0.4 is 11.5 Å². The summed E-state index contributed by atoms with van der Waals surface area (Å²) >= 11 is 0. The fraction of sp³-hybridized carbons (Fsp3) is 0.818. The van der Waals surface area contributed by atoms with E-state index >= 15 is 0 Å². The Morgan fingerprint density at radius 2 is 2.12 bits per heavy atom. The van der Waals surface area contributed by atoms with E-state index in [1.54, 1.807) is 20.8 Å². The van der Waals surface area contributed by atoms with Gasteiger partial charge in [0, 0.05) is 18.5 Å². The van der Waals surface area contributed by atoms with Gasteiger partial charge in [-0.2, -0.15) is 0 Å². The van der Waals surface area contributed by atoms with Crippen LogP contribution in [0.25, 0.3) is 0 Å². The van der Waals surface area contributed by atoms with Gasteiger partial charge in [-0.05, 0) is 20.8 Å². The van der Waals surface area contributed by atoms with Crippen molar-refractivity contribution in [3.63, 3.8) is 0 Å². The van der Waals surface area contributed by atoms with E-state index in [-0.39, 0.29) is 13.2 Å². The Bertz CT molecular complexity index is 324. The Morgan fingerprint density at radius 1 is 1.53 bits per heavy atom. The third-order valence-corrected chi connectivity index (χ3v) is 3.42. The van der Waals surface area contributed by atoms with E-state index in [4.69, 9.17) is 20.9 Å². The maximum absolute atomic E-state index is 12.1. The Labute approximate surface area is 101 Å². The summed E-state index contributed by atoms with van der Waals surface area (Å²) in [5, 5.41) is 0. The van der Waals surface area contributed by atoms with Crippen molar-refractivity contribution in [1.82, 2.24) is 0 Å². The first-order valence-electron chi connectivity index (χ1n) is 5.59. The maximum atomic E-state index is 12.1. The van der Waals surface area contributed by atoms with Crippen molar-refractivity contribution in [3.05, 3.63) is 0 Å². The highest BCUT2D eigenvalue weighted by Gasteiger charge is 2.47. The standard InChI is InChI=1S/C11H20N2O4/c1-10(2,13)11(3,6-12)9(15)17-7-4-5-16-8(7)14/h7H,4-6,12-13H2,1-3H3. The lowest BCUT2D eigenvalue weighted by Gasteiger charge is -2.38. The number of rotatable bonds is 4. The number of hydrogen-bond acceptors (Lipinski definition) is 6. The smallest absolute Gasteiger partial charge is 0.347 e. The minimum Gasteiger partial charge on any atom is -0.463 e. The zero-order valence-electron chi connectivity index (χ0n) is 10.5. The molecule has 4 N–H and O–H groups in total. The Balaban J connectivity index is 2.77. The second-order valence-electron chi connectivity index (χ2n) is 5.11. The van der Waals surface area contributed by atoms with Crippen molar-refractivity contribution in [3.8, 4) is 0 Å². The summed E-state index contributed by atoms with van der Waals surface area (Å²) in [6.45, 7) is 5.37. The number of hydrogen-bond donors (Lipinski definition) is 2. The summed E-state index contributed by atoms with van der Waals surface area (Å²) < 4.78 is 9.85. The minimum atomic E-state index is -1.03. The molecule has 1 heterocycles. The molecule has 0 aromatic rings. The molecule has 2 unspecified atom stereocenters. The second kappa shape index (κ2) is 4.62. The molecule has 2 atom stereocenters. The molecular weight excluding hydrogens is 224 g/mol. The zero-order valence-corrected chi connectivity index (χ0v) is 10.5. The van der Waals surface area contributed by atoms with Crippen LogP contribution in [-0.2, 0) is 19.1 Å². The van der Waals surface area contributed by atoms with Crippen LogP contribution in [0.15, 0.2) is 0 Å². The number of cyclic esters (lactones) is 1. The predicted molar refractivity (Wildman–Crippen MR) is 60.9 cm³/mol. The first-order valence-corrected chi connectivity index (χ1v) is 5.59. The molecule has 1 saturated heterocycles. The number of carbonyl (C=O) groups excluding carboxylic acids is 2. The summed E-state index contributed by atoms with van der Waals surface area (Å²) in [6, 6.07) is 0. The van der Waals surface area contributed by atoms with Gasteiger partial charge in [0.25, 0.3) is 0 Å². The fourth-order valence-electron chi connectivity index (χ4n) is 1.45. The van der Waals surface area contributed by atoms with Gasteiger partial charge in [0.05, 0.1) is 12.0 Å². The van der Waals surface area contributed by atoms with Crippen molar-refractivity contribution in [2.24, 2.45) is 16.9 Å². The normalized spacial score (nSPS) is 24.1. The van der Waals surface area contributed by atoms with E-state index in [0.29, 0.717) is 6.42 Å². The lowest BCUT2D eigenvalue weighted by Crippen LogP contribution is -2.58. The van der Waals surface area contributed by atoms with Gasteiger partial charge in [0.1, 0.15) is 0 Å². The first kappa shape index (κ1) is 13.9. The van der Waals surface area contributed by atoms with E-state index in [9.17, 15) is 9.59 Å². The van der Waals surface area contributed by atoms with E-state index in [1.165, 1.54) is 0 Å². The highest BCUT2D eigenvalue weighted by atomic mass is 16.6. The van der Waals surface area contributed by atoms with Crippen LogP contribution in [0.2, 0.25) is 0 Å². The minimum absolute atomic E-state index is 0.0527. The summed E-state index contributed by atoms with van der Waals surface area (Å²) in [5.41, 5.74) is 9.68. The van der Waals surface area contributed by atoms with Crippen molar-refractivity contribution in [2.75, 3.05) is 13.2 Å². The molecule has 1 aliphatic heterocycles. The van der Waals surface area contributed by atoms with Crippen LogP contribution in [-0.4, -0.2) is 36.7 Å². The van der Waals surface area contributed by atoms with Crippen molar-refractivity contribution in [2.45, 2.75) is 38.8 Å². The number of esters is 2. The highest BCUT2D eigenvalue weighted by Crippen LogP contribution is 2.30. The van der Waals surface area contributed by atoms with Crippen LogP contribution in [0.5, 0.6) is 0 Å². The average Bonchev–Trinajstić information content (AvgIpc) is 2.61. The average molecular weight is 244 g/mol. The Hall–Kier alpha value is -1.14. The van der Waals surface area contributed by atoms with Gasteiger partial charge in [0.15, 0.2) is 0 Å². The third-order valence-electron chi connectivity index (χ3n) is 3.42. The van der Waals surface area contributed by atoms with E-state index < -0.39 is 29.0 Å². The molecule has 1 fully saturated rings. The van der Waals surface area contributed by atoms with Crippen molar-refractivity contribution < 1.29 is 19.1 Å². The van der Waals surface area contributed by atoms with Crippen LogP contribution in [0, 0.1) is 5.41 Å². The molecule has 98 valence electrons. The molecule has 6 nitrogen and oxygen atoms in total. The van der Waals surface area contributed by atoms with Crippen LogP contribution in [0.1, 0.15) is 27.2 Å².